The van der Waals surface area contributed by atoms with E-state index in [1.165, 1.54) is 5.56 Å². The minimum absolute atomic E-state index is 0.255. The van der Waals surface area contributed by atoms with E-state index in [1.54, 1.807) is 23.9 Å². The largest absolute Gasteiger partial charge is 0.508 e. The lowest BCUT2D eigenvalue weighted by molar-refractivity contribution is 0.424. The molecule has 4 rings (SSSR count). The molecule has 0 aliphatic heterocycles. The van der Waals surface area contributed by atoms with E-state index in [1.807, 2.05) is 66.7 Å². The van der Waals surface area contributed by atoms with Gasteiger partial charge < -0.3 is 10.0 Å². The van der Waals surface area contributed by atoms with Crippen molar-refractivity contribution in [3.8, 4) is 5.75 Å². The number of phenols is 1. The minimum Gasteiger partial charge on any atom is -0.508 e. The van der Waals surface area contributed by atoms with Gasteiger partial charge in [-0.15, -0.1) is 0 Å². The standard InChI is InChI=1S/C28H24Cl2N2OS/c29-23-8-12-25(13-9-23)31-28(34-27-16-10-24(30)11-17-27)32(19-18-21-4-2-1-3-5-21)20-22-6-14-26(33)15-7-22/h1-17,33H,18-20H2. The number of rotatable bonds is 7. The summed E-state index contributed by atoms with van der Waals surface area (Å²) in [6, 6.07) is 33.0. The van der Waals surface area contributed by atoms with E-state index < -0.39 is 0 Å². The van der Waals surface area contributed by atoms with E-state index in [2.05, 4.69) is 29.2 Å². The SMILES string of the molecule is Oc1ccc(CN(CCc2ccccc2)C(=Nc2ccc(Cl)cc2)Sc2ccc(Cl)cc2)cc1. The third-order valence-corrected chi connectivity index (χ3v) is 6.71. The predicted molar refractivity (Wildman–Crippen MR) is 145 cm³/mol. The first-order valence-corrected chi connectivity index (χ1v) is 12.5. The molecule has 1 N–H and O–H groups in total. The van der Waals surface area contributed by atoms with E-state index in [-0.39, 0.29) is 5.75 Å². The normalized spacial score (nSPS) is 11.4. The number of halogens is 2. The zero-order valence-corrected chi connectivity index (χ0v) is 20.8. The molecule has 0 atom stereocenters. The zero-order valence-electron chi connectivity index (χ0n) is 18.4. The van der Waals surface area contributed by atoms with Gasteiger partial charge >= 0.3 is 0 Å². The summed E-state index contributed by atoms with van der Waals surface area (Å²) in [5, 5.41) is 12.0. The van der Waals surface area contributed by atoms with Crippen molar-refractivity contribution >= 4 is 45.8 Å². The Morgan fingerprint density at radius 3 is 2.00 bits per heavy atom. The summed E-state index contributed by atoms with van der Waals surface area (Å²) in [5.41, 5.74) is 3.18. The smallest absolute Gasteiger partial charge is 0.169 e. The lowest BCUT2D eigenvalue weighted by atomic mass is 10.1. The molecule has 34 heavy (non-hydrogen) atoms. The fourth-order valence-electron chi connectivity index (χ4n) is 3.37. The lowest BCUT2D eigenvalue weighted by Crippen LogP contribution is -2.30. The summed E-state index contributed by atoms with van der Waals surface area (Å²) in [4.78, 5) is 8.33. The van der Waals surface area contributed by atoms with Crippen molar-refractivity contribution in [2.24, 2.45) is 4.99 Å². The second-order valence-corrected chi connectivity index (χ2v) is 9.66. The van der Waals surface area contributed by atoms with Crippen LogP contribution in [0.5, 0.6) is 5.75 Å². The molecule has 0 aromatic heterocycles. The highest BCUT2D eigenvalue weighted by Crippen LogP contribution is 2.28. The van der Waals surface area contributed by atoms with Crippen LogP contribution in [-0.2, 0) is 13.0 Å². The molecule has 0 fully saturated rings. The summed E-state index contributed by atoms with van der Waals surface area (Å²) >= 11 is 13.8. The molecule has 0 radical (unpaired) electrons. The van der Waals surface area contributed by atoms with Crippen molar-refractivity contribution in [1.82, 2.24) is 4.90 Å². The van der Waals surface area contributed by atoms with Gasteiger partial charge in [0, 0.05) is 28.0 Å². The highest BCUT2D eigenvalue weighted by molar-refractivity contribution is 8.13. The quantitative estimate of drug-likeness (QED) is 0.156. The molecule has 172 valence electrons. The third kappa shape index (κ3) is 7.29. The van der Waals surface area contributed by atoms with E-state index in [0.29, 0.717) is 16.6 Å². The molecule has 0 saturated heterocycles. The van der Waals surface area contributed by atoms with Crippen LogP contribution in [0.25, 0.3) is 0 Å². The summed E-state index contributed by atoms with van der Waals surface area (Å²) in [5.74, 6) is 0.255. The number of thioether (sulfide) groups is 1. The van der Waals surface area contributed by atoms with Gasteiger partial charge in [0.15, 0.2) is 5.17 Å². The van der Waals surface area contributed by atoms with Crippen molar-refractivity contribution in [3.63, 3.8) is 0 Å². The summed E-state index contributed by atoms with van der Waals surface area (Å²) < 4.78 is 0. The Labute approximate surface area is 214 Å². The number of hydrogen-bond donors (Lipinski definition) is 1. The van der Waals surface area contributed by atoms with Crippen molar-refractivity contribution in [3.05, 3.63) is 124 Å². The summed E-state index contributed by atoms with van der Waals surface area (Å²) in [6.07, 6.45) is 0.875. The minimum atomic E-state index is 0.255. The van der Waals surface area contributed by atoms with Crippen LogP contribution in [0.2, 0.25) is 10.0 Å². The van der Waals surface area contributed by atoms with E-state index in [0.717, 1.165) is 34.3 Å². The van der Waals surface area contributed by atoms with Crippen LogP contribution >= 0.6 is 35.0 Å². The summed E-state index contributed by atoms with van der Waals surface area (Å²) in [7, 11) is 0. The predicted octanol–water partition coefficient (Wildman–Crippen LogP) is 8.22. The summed E-state index contributed by atoms with van der Waals surface area (Å²) in [6.45, 7) is 1.43. The van der Waals surface area contributed by atoms with Crippen molar-refractivity contribution < 1.29 is 5.11 Å². The van der Waals surface area contributed by atoms with Crippen LogP contribution in [0.3, 0.4) is 0 Å². The zero-order chi connectivity index (χ0) is 23.8. The fourth-order valence-corrected chi connectivity index (χ4v) is 4.54. The molecule has 0 saturated carbocycles. The van der Waals surface area contributed by atoms with Crippen LogP contribution in [0.15, 0.2) is 113 Å². The molecule has 3 nitrogen and oxygen atoms in total. The molecular weight excluding hydrogens is 483 g/mol. The highest BCUT2D eigenvalue weighted by atomic mass is 35.5. The Bertz CT molecular complexity index is 1210. The first-order chi connectivity index (χ1) is 16.5. The van der Waals surface area contributed by atoms with E-state index in [9.17, 15) is 5.11 Å². The van der Waals surface area contributed by atoms with Crippen LogP contribution in [-0.4, -0.2) is 21.7 Å². The van der Waals surface area contributed by atoms with E-state index >= 15 is 0 Å². The van der Waals surface area contributed by atoms with Crippen LogP contribution in [0.1, 0.15) is 11.1 Å². The van der Waals surface area contributed by atoms with Crippen molar-refractivity contribution in [2.75, 3.05) is 6.54 Å². The molecule has 0 unspecified atom stereocenters. The van der Waals surface area contributed by atoms with Gasteiger partial charge in [-0.3, -0.25) is 0 Å². The second kappa shape index (κ2) is 12.0. The second-order valence-electron chi connectivity index (χ2n) is 7.75. The maximum atomic E-state index is 9.72. The van der Waals surface area contributed by atoms with Gasteiger partial charge in [-0.25, -0.2) is 4.99 Å². The lowest BCUT2D eigenvalue weighted by Gasteiger charge is -2.26. The molecular formula is C28H24Cl2N2OS. The Morgan fingerprint density at radius 1 is 0.735 bits per heavy atom. The molecule has 0 heterocycles. The number of aliphatic imine (C=N–C) groups is 1. The molecule has 0 aliphatic carbocycles. The number of phenolic OH excluding ortho intramolecular Hbond substituents is 1. The number of aromatic hydroxyl groups is 1. The third-order valence-electron chi connectivity index (χ3n) is 5.17. The number of amidine groups is 1. The number of hydrogen-bond acceptors (Lipinski definition) is 3. The molecule has 6 heteroatoms. The van der Waals surface area contributed by atoms with Crippen LogP contribution in [0, 0.1) is 0 Å². The Hall–Kier alpha value is -2.92. The fraction of sp³-hybridized carbons (Fsp3) is 0.107. The van der Waals surface area contributed by atoms with E-state index in [4.69, 9.17) is 28.2 Å². The van der Waals surface area contributed by atoms with Gasteiger partial charge in [0.05, 0.1) is 5.69 Å². The monoisotopic (exact) mass is 506 g/mol. The maximum Gasteiger partial charge on any atom is 0.169 e. The molecule has 0 spiro atoms. The highest BCUT2D eigenvalue weighted by Gasteiger charge is 2.15. The van der Waals surface area contributed by atoms with Gasteiger partial charge in [0.25, 0.3) is 0 Å². The average Bonchev–Trinajstić information content (AvgIpc) is 2.86. The Morgan fingerprint density at radius 2 is 1.35 bits per heavy atom. The first-order valence-electron chi connectivity index (χ1n) is 10.9. The molecule has 4 aromatic carbocycles. The Kier molecular flexibility index (Phi) is 8.53. The van der Waals surface area contributed by atoms with Crippen LogP contribution in [0.4, 0.5) is 5.69 Å². The Balaban J connectivity index is 1.68. The number of nitrogens with zero attached hydrogens (tertiary/aromatic N) is 2. The van der Waals surface area contributed by atoms with Crippen molar-refractivity contribution in [2.45, 2.75) is 17.9 Å². The molecule has 4 aromatic rings. The molecule has 0 amide bonds. The maximum absolute atomic E-state index is 9.72. The van der Waals surface area contributed by atoms with Gasteiger partial charge in [-0.1, -0.05) is 77.4 Å². The van der Waals surface area contributed by atoms with Gasteiger partial charge in [-0.2, -0.15) is 0 Å². The average molecular weight is 507 g/mol. The van der Waals surface area contributed by atoms with Gasteiger partial charge in [-0.05, 0) is 78.2 Å². The first kappa shape index (κ1) is 24.2. The van der Waals surface area contributed by atoms with Gasteiger partial charge in [0.2, 0.25) is 0 Å². The molecule has 0 bridgehead atoms. The van der Waals surface area contributed by atoms with Crippen LogP contribution < -0.4 is 0 Å². The van der Waals surface area contributed by atoms with Gasteiger partial charge in [0.1, 0.15) is 5.75 Å². The topological polar surface area (TPSA) is 35.8 Å². The number of benzene rings is 4. The van der Waals surface area contributed by atoms with Crippen molar-refractivity contribution in [1.29, 1.82) is 0 Å². The molecule has 0 aliphatic rings.